The molecule has 0 fully saturated rings. The second-order valence-electron chi connectivity index (χ2n) is 7.89. The Hall–Kier alpha value is -2.99. The number of hydrogen-bond donors (Lipinski definition) is 1. The molecule has 0 radical (unpaired) electrons. The van der Waals surface area contributed by atoms with Crippen molar-refractivity contribution in [2.75, 3.05) is 27.2 Å². The molecule has 2 aromatic rings. The van der Waals surface area contributed by atoms with E-state index >= 15 is 0 Å². The number of fused-ring (bicyclic) bond motifs is 1. The average molecular weight is 408 g/mol. The number of carbonyl (C=O) groups is 3. The fourth-order valence-electron chi connectivity index (χ4n) is 3.59. The van der Waals surface area contributed by atoms with Gasteiger partial charge >= 0.3 is 0 Å². The van der Waals surface area contributed by atoms with E-state index in [1.165, 1.54) is 10.5 Å². The molecule has 0 saturated heterocycles. The molecule has 30 heavy (non-hydrogen) atoms. The summed E-state index contributed by atoms with van der Waals surface area (Å²) in [7, 11) is 3.98. The van der Waals surface area contributed by atoms with E-state index in [1.54, 1.807) is 18.2 Å². The third kappa shape index (κ3) is 4.76. The molecule has 6 nitrogen and oxygen atoms in total. The fourth-order valence-corrected chi connectivity index (χ4v) is 3.59. The lowest BCUT2D eigenvalue weighted by atomic mass is 10.0. The number of benzene rings is 2. The third-order valence-corrected chi connectivity index (χ3v) is 5.51. The standard InChI is InChI=1S/C24H29N3O3/c1-4-5-13-27-23(29)20-12-11-18(15-21(20)24(27)30)22(28)25-16-19(26(2)3)14-17-9-7-6-8-10-17/h6-12,15,19H,4-5,13-14,16H2,1-3H3,(H,25,28). The lowest BCUT2D eigenvalue weighted by Gasteiger charge is -2.25. The molecule has 1 N–H and O–H groups in total. The lowest BCUT2D eigenvalue weighted by molar-refractivity contribution is 0.0652. The van der Waals surface area contributed by atoms with Crippen LogP contribution in [-0.2, 0) is 6.42 Å². The number of likely N-dealkylation sites (N-methyl/N-ethyl adjacent to an activating group) is 1. The molecule has 0 bridgehead atoms. The summed E-state index contributed by atoms with van der Waals surface area (Å²) in [6.07, 6.45) is 2.49. The SMILES string of the molecule is CCCCN1C(=O)c2ccc(C(=O)NCC(Cc3ccccc3)N(C)C)cc2C1=O. The van der Waals surface area contributed by atoms with Crippen LogP contribution >= 0.6 is 0 Å². The molecule has 1 aliphatic rings. The van der Waals surface area contributed by atoms with Gasteiger partial charge < -0.3 is 10.2 Å². The Bertz CT molecular complexity index is 925. The van der Waals surface area contributed by atoms with Gasteiger partial charge in [0.25, 0.3) is 17.7 Å². The zero-order valence-electron chi connectivity index (χ0n) is 17.9. The minimum Gasteiger partial charge on any atom is -0.350 e. The first kappa shape index (κ1) is 21.7. The van der Waals surface area contributed by atoms with Crippen LogP contribution in [0.3, 0.4) is 0 Å². The van der Waals surface area contributed by atoms with Crippen LogP contribution in [0.2, 0.25) is 0 Å². The van der Waals surface area contributed by atoms with Crippen LogP contribution in [0.25, 0.3) is 0 Å². The van der Waals surface area contributed by atoms with E-state index in [0.717, 1.165) is 19.3 Å². The third-order valence-electron chi connectivity index (χ3n) is 5.51. The van der Waals surface area contributed by atoms with Crippen LogP contribution in [-0.4, -0.2) is 60.7 Å². The Morgan fingerprint density at radius 2 is 1.73 bits per heavy atom. The van der Waals surface area contributed by atoms with Crippen LogP contribution in [0.5, 0.6) is 0 Å². The Labute approximate surface area is 177 Å². The van der Waals surface area contributed by atoms with E-state index < -0.39 is 0 Å². The number of rotatable bonds is 9. The summed E-state index contributed by atoms with van der Waals surface area (Å²) in [6.45, 7) is 2.90. The Morgan fingerprint density at radius 3 is 2.40 bits per heavy atom. The lowest BCUT2D eigenvalue weighted by Crippen LogP contribution is -2.41. The highest BCUT2D eigenvalue weighted by molar-refractivity contribution is 6.22. The summed E-state index contributed by atoms with van der Waals surface area (Å²) in [5, 5.41) is 2.97. The van der Waals surface area contributed by atoms with E-state index in [2.05, 4.69) is 22.3 Å². The van der Waals surface area contributed by atoms with Crippen molar-refractivity contribution in [1.82, 2.24) is 15.1 Å². The van der Waals surface area contributed by atoms with Crippen molar-refractivity contribution in [2.45, 2.75) is 32.2 Å². The summed E-state index contributed by atoms with van der Waals surface area (Å²) < 4.78 is 0. The number of imide groups is 1. The minimum absolute atomic E-state index is 0.138. The van der Waals surface area contributed by atoms with Crippen molar-refractivity contribution in [3.05, 3.63) is 70.8 Å². The van der Waals surface area contributed by atoms with Crippen molar-refractivity contribution >= 4 is 17.7 Å². The molecule has 1 aliphatic heterocycles. The van der Waals surface area contributed by atoms with E-state index in [1.807, 2.05) is 39.2 Å². The monoisotopic (exact) mass is 407 g/mol. The Morgan fingerprint density at radius 1 is 1.03 bits per heavy atom. The highest BCUT2D eigenvalue weighted by atomic mass is 16.2. The van der Waals surface area contributed by atoms with Gasteiger partial charge in [0.1, 0.15) is 0 Å². The molecule has 6 heteroatoms. The van der Waals surface area contributed by atoms with Crippen LogP contribution < -0.4 is 5.32 Å². The number of nitrogens with zero attached hydrogens (tertiary/aromatic N) is 2. The quantitative estimate of drug-likeness (QED) is 0.649. The van der Waals surface area contributed by atoms with Gasteiger partial charge in [-0.3, -0.25) is 19.3 Å². The van der Waals surface area contributed by atoms with Gasteiger partial charge in [-0.05, 0) is 50.7 Å². The second kappa shape index (κ2) is 9.67. The maximum Gasteiger partial charge on any atom is 0.261 e. The summed E-state index contributed by atoms with van der Waals surface area (Å²) in [5.41, 5.74) is 2.30. The highest BCUT2D eigenvalue weighted by Crippen LogP contribution is 2.24. The van der Waals surface area contributed by atoms with Crippen LogP contribution in [0.15, 0.2) is 48.5 Å². The molecule has 2 aromatic carbocycles. The molecule has 1 atom stereocenters. The van der Waals surface area contributed by atoms with Gasteiger partial charge in [0.05, 0.1) is 11.1 Å². The van der Waals surface area contributed by atoms with Crippen LogP contribution in [0.1, 0.15) is 56.4 Å². The molecule has 0 spiro atoms. The number of amides is 3. The normalized spacial score (nSPS) is 14.2. The van der Waals surface area contributed by atoms with Crippen molar-refractivity contribution in [3.8, 4) is 0 Å². The van der Waals surface area contributed by atoms with Gasteiger partial charge in [-0.2, -0.15) is 0 Å². The summed E-state index contributed by atoms with van der Waals surface area (Å²) in [6, 6.07) is 15.0. The topological polar surface area (TPSA) is 69.7 Å². The highest BCUT2D eigenvalue weighted by Gasteiger charge is 2.35. The molecule has 1 unspecified atom stereocenters. The molecule has 0 aromatic heterocycles. The molecule has 3 amide bonds. The van der Waals surface area contributed by atoms with Gasteiger partial charge in [0, 0.05) is 24.7 Å². The molecule has 0 aliphatic carbocycles. The largest absolute Gasteiger partial charge is 0.350 e. The van der Waals surface area contributed by atoms with E-state index in [-0.39, 0.29) is 23.8 Å². The number of unbranched alkanes of at least 4 members (excludes halogenated alkanes) is 1. The molecule has 3 rings (SSSR count). The number of nitrogens with one attached hydrogen (secondary N) is 1. The first-order chi connectivity index (χ1) is 14.4. The molecular weight excluding hydrogens is 378 g/mol. The Kier molecular flexibility index (Phi) is 7.00. The van der Waals surface area contributed by atoms with E-state index in [4.69, 9.17) is 0 Å². The van der Waals surface area contributed by atoms with Crippen LogP contribution in [0.4, 0.5) is 0 Å². The first-order valence-corrected chi connectivity index (χ1v) is 10.4. The molecule has 1 heterocycles. The molecule has 158 valence electrons. The van der Waals surface area contributed by atoms with Crippen LogP contribution in [0, 0.1) is 0 Å². The predicted molar refractivity (Wildman–Crippen MR) is 117 cm³/mol. The first-order valence-electron chi connectivity index (χ1n) is 10.4. The zero-order chi connectivity index (χ0) is 21.7. The fraction of sp³-hybridized carbons (Fsp3) is 0.375. The maximum atomic E-state index is 12.7. The zero-order valence-corrected chi connectivity index (χ0v) is 17.9. The average Bonchev–Trinajstić information content (AvgIpc) is 2.99. The number of hydrogen-bond acceptors (Lipinski definition) is 4. The maximum absolute atomic E-state index is 12.7. The van der Waals surface area contributed by atoms with E-state index in [0.29, 0.717) is 29.8 Å². The van der Waals surface area contributed by atoms with Crippen molar-refractivity contribution < 1.29 is 14.4 Å². The summed E-state index contributed by atoms with van der Waals surface area (Å²) in [4.78, 5) is 41.2. The van der Waals surface area contributed by atoms with Crippen molar-refractivity contribution in [1.29, 1.82) is 0 Å². The van der Waals surface area contributed by atoms with Crippen molar-refractivity contribution in [3.63, 3.8) is 0 Å². The smallest absolute Gasteiger partial charge is 0.261 e. The number of carbonyl (C=O) groups excluding carboxylic acids is 3. The second-order valence-corrected chi connectivity index (χ2v) is 7.89. The summed E-state index contributed by atoms with van der Waals surface area (Å²) in [5.74, 6) is -0.829. The predicted octanol–water partition coefficient (Wildman–Crippen LogP) is 2.99. The van der Waals surface area contributed by atoms with E-state index in [9.17, 15) is 14.4 Å². The molecule has 0 saturated carbocycles. The van der Waals surface area contributed by atoms with Gasteiger partial charge in [-0.1, -0.05) is 43.7 Å². The van der Waals surface area contributed by atoms with Gasteiger partial charge in [-0.25, -0.2) is 0 Å². The minimum atomic E-state index is -0.312. The van der Waals surface area contributed by atoms with Gasteiger partial charge in [0.2, 0.25) is 0 Å². The van der Waals surface area contributed by atoms with Gasteiger partial charge in [0.15, 0.2) is 0 Å². The summed E-state index contributed by atoms with van der Waals surface area (Å²) >= 11 is 0. The Balaban J connectivity index is 1.67. The molecular formula is C24H29N3O3. The van der Waals surface area contributed by atoms with Gasteiger partial charge in [-0.15, -0.1) is 0 Å². The van der Waals surface area contributed by atoms with Crippen molar-refractivity contribution in [2.24, 2.45) is 0 Å².